The van der Waals surface area contributed by atoms with Gasteiger partial charge < -0.3 is 5.73 Å². The minimum Gasteiger partial charge on any atom is -0.315 e. The number of rotatable bonds is 6. The van der Waals surface area contributed by atoms with Gasteiger partial charge in [0.25, 0.3) is 0 Å². The average molecular weight is 240 g/mol. The molecule has 89 valence electrons. The van der Waals surface area contributed by atoms with Gasteiger partial charge in [-0.3, -0.25) is 0 Å². The van der Waals surface area contributed by atoms with E-state index < -0.39 is 15.2 Å². The molecule has 0 bridgehead atoms. The molecule has 0 aliphatic carbocycles. The summed E-state index contributed by atoms with van der Waals surface area (Å²) in [5, 5.41) is -0.790. The fraction of sp³-hybridized carbons (Fsp3) is 0.500. The Labute approximate surface area is 97.6 Å². The van der Waals surface area contributed by atoms with Gasteiger partial charge in [-0.2, -0.15) is 0 Å². The van der Waals surface area contributed by atoms with Crippen LogP contribution in [-0.4, -0.2) is 19.5 Å². The Morgan fingerprint density at radius 1 is 1.38 bits per heavy atom. The Bertz CT molecular complexity index is 400. The Kier molecular flexibility index (Phi) is 4.96. The van der Waals surface area contributed by atoms with Crippen LogP contribution in [0.3, 0.4) is 0 Å². The van der Waals surface area contributed by atoms with E-state index in [4.69, 9.17) is 5.73 Å². The molecule has 0 aliphatic rings. The summed E-state index contributed by atoms with van der Waals surface area (Å²) >= 11 is 0. The Morgan fingerprint density at radius 2 is 2.00 bits per heavy atom. The topological polar surface area (TPSA) is 60.2 Å². The van der Waals surface area contributed by atoms with Crippen molar-refractivity contribution in [1.82, 2.24) is 0 Å². The minimum absolute atomic E-state index is 0.184. The second-order valence-electron chi connectivity index (χ2n) is 3.87. The van der Waals surface area contributed by atoms with Gasteiger partial charge >= 0.3 is 0 Å². The van der Waals surface area contributed by atoms with E-state index in [0.29, 0.717) is 12.8 Å². The first-order valence-corrected chi connectivity index (χ1v) is 7.20. The van der Waals surface area contributed by atoms with Crippen molar-refractivity contribution < 1.29 is 8.42 Å². The van der Waals surface area contributed by atoms with Gasteiger partial charge in [0, 0.05) is 6.42 Å². The van der Waals surface area contributed by atoms with Gasteiger partial charge in [-0.25, -0.2) is 8.42 Å². The molecule has 2 N–H and O–H groups in total. The lowest BCUT2D eigenvalue weighted by molar-refractivity contribution is 0.576. The lowest BCUT2D eigenvalue weighted by Crippen LogP contribution is -2.34. The molecule has 0 spiro atoms. The van der Waals surface area contributed by atoms with Crippen molar-refractivity contribution in [3.63, 3.8) is 0 Å². The molecule has 1 atom stereocenters. The van der Waals surface area contributed by atoms with E-state index in [1.165, 1.54) is 0 Å². The zero-order valence-electron chi connectivity index (χ0n) is 9.52. The van der Waals surface area contributed by atoms with Gasteiger partial charge in [0.2, 0.25) is 0 Å². The maximum Gasteiger partial charge on any atom is 0.166 e. The second-order valence-corrected chi connectivity index (χ2v) is 6.21. The predicted octanol–water partition coefficient (Wildman–Crippen LogP) is 1.53. The summed E-state index contributed by atoms with van der Waals surface area (Å²) in [6, 6.07) is 10.1. The highest BCUT2D eigenvalue weighted by Gasteiger charge is 2.20. The Hall–Kier alpha value is -0.870. The Balaban J connectivity index is 2.61. The van der Waals surface area contributed by atoms with Crippen molar-refractivity contribution in [2.75, 3.05) is 5.75 Å². The number of unbranched alkanes of at least 4 members (excludes halogenated alkanes) is 1. The van der Waals surface area contributed by atoms with E-state index in [1.807, 2.05) is 19.1 Å². The maximum absolute atomic E-state index is 11.8. The SMILES string of the molecule is CCCCS(=O)(=O)C(N)Cc1cc[c]cc1. The highest BCUT2D eigenvalue weighted by atomic mass is 32.2. The fourth-order valence-electron chi connectivity index (χ4n) is 1.41. The molecule has 16 heavy (non-hydrogen) atoms. The summed E-state index contributed by atoms with van der Waals surface area (Å²) < 4.78 is 23.5. The molecular weight excluding hydrogens is 222 g/mol. The van der Waals surface area contributed by atoms with Crippen LogP contribution >= 0.6 is 0 Å². The number of hydrogen-bond donors (Lipinski definition) is 1. The standard InChI is InChI=1S/C12H18NO2S/c1-2-3-9-16(14,15)12(13)10-11-7-5-4-6-8-11/h5-8,12H,2-3,9-10,13H2,1H3. The molecule has 0 heterocycles. The van der Waals surface area contributed by atoms with Crippen LogP contribution in [-0.2, 0) is 16.3 Å². The van der Waals surface area contributed by atoms with Crippen LogP contribution < -0.4 is 5.73 Å². The minimum atomic E-state index is -3.15. The quantitative estimate of drug-likeness (QED) is 0.820. The van der Waals surface area contributed by atoms with Gasteiger partial charge in [-0.15, -0.1) is 0 Å². The molecule has 0 amide bonds. The number of benzene rings is 1. The zero-order valence-corrected chi connectivity index (χ0v) is 10.3. The van der Waals surface area contributed by atoms with Crippen molar-refractivity contribution in [3.8, 4) is 0 Å². The second kappa shape index (κ2) is 6.01. The van der Waals surface area contributed by atoms with Crippen LogP contribution in [0.5, 0.6) is 0 Å². The third kappa shape index (κ3) is 3.94. The van der Waals surface area contributed by atoms with Crippen molar-refractivity contribution >= 4 is 9.84 Å². The molecule has 1 rings (SSSR count). The van der Waals surface area contributed by atoms with E-state index in [0.717, 1.165) is 12.0 Å². The summed E-state index contributed by atoms with van der Waals surface area (Å²) in [6.07, 6.45) is 1.92. The van der Waals surface area contributed by atoms with Crippen LogP contribution in [0, 0.1) is 6.07 Å². The molecule has 0 aliphatic heterocycles. The summed E-state index contributed by atoms with van der Waals surface area (Å²) in [7, 11) is -3.15. The highest BCUT2D eigenvalue weighted by molar-refractivity contribution is 7.91. The summed E-state index contributed by atoms with van der Waals surface area (Å²) in [5.41, 5.74) is 6.66. The molecule has 4 heteroatoms. The average Bonchev–Trinajstić information content (AvgIpc) is 2.28. The van der Waals surface area contributed by atoms with Gasteiger partial charge in [0.05, 0.1) is 5.75 Å². The van der Waals surface area contributed by atoms with Gasteiger partial charge in [0.15, 0.2) is 9.84 Å². The van der Waals surface area contributed by atoms with Crippen LogP contribution in [0.2, 0.25) is 0 Å². The van der Waals surface area contributed by atoms with E-state index in [-0.39, 0.29) is 5.75 Å². The summed E-state index contributed by atoms with van der Waals surface area (Å²) in [4.78, 5) is 0. The summed E-state index contributed by atoms with van der Waals surface area (Å²) in [5.74, 6) is 0.184. The first-order chi connectivity index (χ1) is 7.56. The molecule has 0 saturated carbocycles. The van der Waals surface area contributed by atoms with Crippen LogP contribution in [0.4, 0.5) is 0 Å². The molecule has 1 aromatic rings. The maximum atomic E-state index is 11.8. The molecule has 1 radical (unpaired) electrons. The summed E-state index contributed by atoms with van der Waals surface area (Å²) in [6.45, 7) is 1.97. The van der Waals surface area contributed by atoms with E-state index >= 15 is 0 Å². The van der Waals surface area contributed by atoms with E-state index in [2.05, 4.69) is 6.07 Å². The first kappa shape index (κ1) is 13.2. The largest absolute Gasteiger partial charge is 0.315 e. The fourth-order valence-corrected chi connectivity index (χ4v) is 2.85. The van der Waals surface area contributed by atoms with Crippen molar-refractivity contribution in [2.24, 2.45) is 5.73 Å². The number of hydrogen-bond acceptors (Lipinski definition) is 3. The van der Waals surface area contributed by atoms with Gasteiger partial charge in [0.1, 0.15) is 5.37 Å². The number of nitrogens with two attached hydrogens (primary N) is 1. The van der Waals surface area contributed by atoms with Crippen molar-refractivity contribution in [3.05, 3.63) is 35.9 Å². The lowest BCUT2D eigenvalue weighted by atomic mass is 10.2. The molecule has 1 unspecified atom stereocenters. The Morgan fingerprint density at radius 3 is 2.56 bits per heavy atom. The van der Waals surface area contributed by atoms with E-state index in [9.17, 15) is 8.42 Å². The highest BCUT2D eigenvalue weighted by Crippen LogP contribution is 2.08. The normalized spacial score (nSPS) is 13.6. The van der Waals surface area contributed by atoms with Crippen molar-refractivity contribution in [2.45, 2.75) is 31.6 Å². The van der Waals surface area contributed by atoms with Crippen molar-refractivity contribution in [1.29, 1.82) is 0 Å². The monoisotopic (exact) mass is 240 g/mol. The van der Waals surface area contributed by atoms with Crippen LogP contribution in [0.15, 0.2) is 24.3 Å². The first-order valence-electron chi connectivity index (χ1n) is 5.48. The third-order valence-electron chi connectivity index (χ3n) is 2.47. The predicted molar refractivity (Wildman–Crippen MR) is 65.7 cm³/mol. The van der Waals surface area contributed by atoms with Gasteiger partial charge in [-0.05, 0) is 18.1 Å². The smallest absolute Gasteiger partial charge is 0.166 e. The van der Waals surface area contributed by atoms with Crippen LogP contribution in [0.1, 0.15) is 25.3 Å². The number of sulfone groups is 1. The molecular formula is C12H18NO2S. The molecule has 0 fully saturated rings. The molecule has 1 aromatic carbocycles. The molecule has 3 nitrogen and oxygen atoms in total. The lowest BCUT2D eigenvalue weighted by Gasteiger charge is -2.12. The molecule has 0 saturated heterocycles. The van der Waals surface area contributed by atoms with Crippen LogP contribution in [0.25, 0.3) is 0 Å². The van der Waals surface area contributed by atoms with Gasteiger partial charge in [-0.1, -0.05) is 37.6 Å². The zero-order chi connectivity index (χ0) is 12.0. The third-order valence-corrected chi connectivity index (χ3v) is 4.41. The molecule has 0 aromatic heterocycles. The van der Waals surface area contributed by atoms with E-state index in [1.54, 1.807) is 12.1 Å².